The normalized spacial score (nSPS) is 9.68. The molecular weight excluding hydrogens is 310 g/mol. The van der Waals surface area contributed by atoms with E-state index in [0.29, 0.717) is 5.69 Å². The van der Waals surface area contributed by atoms with Crippen LogP contribution in [0.2, 0.25) is 0 Å². The first-order valence-corrected chi connectivity index (χ1v) is 6.08. The average molecular weight is 318 g/mol. The summed E-state index contributed by atoms with van der Waals surface area (Å²) in [6.45, 7) is 6.88. The molecule has 2 aromatic rings. The molecule has 0 bridgehead atoms. The van der Waals surface area contributed by atoms with Gasteiger partial charge in [0.2, 0.25) is 0 Å². The minimum absolute atomic E-state index is 0.117. The molecular formula is C13H8BrN3O2. The summed E-state index contributed by atoms with van der Waals surface area (Å²) in [5.74, 6) is 0. The largest absolute Gasteiger partial charge is 0.350 e. The van der Waals surface area contributed by atoms with Crippen molar-refractivity contribution >= 4 is 38.7 Å². The third kappa shape index (κ3) is 3.09. The quantitative estimate of drug-likeness (QED) is 0.509. The smallest absolute Gasteiger partial charge is 0.282 e. The minimum Gasteiger partial charge on any atom is -0.350 e. The van der Waals surface area contributed by atoms with Crippen molar-refractivity contribution in [1.82, 2.24) is 0 Å². The fourth-order valence-electron chi connectivity index (χ4n) is 1.57. The molecule has 0 aliphatic heterocycles. The van der Waals surface area contributed by atoms with Crippen LogP contribution in [0.1, 0.15) is 0 Å². The molecule has 2 aromatic carbocycles. The molecule has 0 heterocycles. The Kier molecular flexibility index (Phi) is 3.78. The number of anilines is 2. The lowest BCUT2D eigenvalue weighted by Crippen LogP contribution is -1.96. The van der Waals surface area contributed by atoms with Gasteiger partial charge in [-0.15, -0.1) is 0 Å². The summed E-state index contributed by atoms with van der Waals surface area (Å²) in [5.41, 5.74) is 1.21. The number of rotatable bonds is 3. The molecule has 2 rings (SSSR count). The summed E-state index contributed by atoms with van der Waals surface area (Å²) in [4.78, 5) is 13.7. The monoisotopic (exact) mass is 317 g/mol. The Labute approximate surface area is 118 Å². The topological polar surface area (TPSA) is 59.5 Å². The number of nitrogens with zero attached hydrogens (tertiary/aromatic N) is 2. The highest BCUT2D eigenvalue weighted by molar-refractivity contribution is 9.10. The highest BCUT2D eigenvalue weighted by Gasteiger charge is 2.14. The van der Waals surface area contributed by atoms with Crippen molar-refractivity contribution in [3.05, 3.63) is 68.5 Å². The number of hydrogen-bond donors (Lipinski definition) is 1. The van der Waals surface area contributed by atoms with Crippen LogP contribution in [0.3, 0.4) is 0 Å². The summed E-state index contributed by atoms with van der Waals surface area (Å²) in [6, 6.07) is 11.6. The molecule has 0 fully saturated rings. The molecule has 1 N–H and O–H groups in total. The van der Waals surface area contributed by atoms with E-state index in [0.717, 1.165) is 10.2 Å². The van der Waals surface area contributed by atoms with Gasteiger partial charge in [-0.25, -0.2) is 4.85 Å². The predicted octanol–water partition coefficient (Wildman–Crippen LogP) is 4.65. The third-order valence-corrected chi connectivity index (χ3v) is 2.90. The second-order valence-corrected chi connectivity index (χ2v) is 4.62. The van der Waals surface area contributed by atoms with Gasteiger partial charge < -0.3 is 5.32 Å². The van der Waals surface area contributed by atoms with Crippen LogP contribution in [0.25, 0.3) is 4.85 Å². The second kappa shape index (κ2) is 5.50. The van der Waals surface area contributed by atoms with Gasteiger partial charge in [0.1, 0.15) is 5.69 Å². The van der Waals surface area contributed by atoms with Crippen molar-refractivity contribution in [2.24, 2.45) is 0 Å². The van der Waals surface area contributed by atoms with Crippen LogP contribution >= 0.6 is 15.9 Å². The molecule has 0 saturated carbocycles. The van der Waals surface area contributed by atoms with Crippen LogP contribution in [-0.2, 0) is 0 Å². The van der Waals surface area contributed by atoms with Gasteiger partial charge in [0.05, 0.1) is 11.5 Å². The SMILES string of the molecule is [C-]#[N+]c1ccc(Nc2cccc(Br)c2)c([N+](=O)[O-])c1. The molecule has 0 aliphatic rings. The number of benzene rings is 2. The van der Waals surface area contributed by atoms with Crippen LogP contribution < -0.4 is 5.32 Å². The van der Waals surface area contributed by atoms with Gasteiger partial charge in [0.25, 0.3) is 5.69 Å². The molecule has 94 valence electrons. The maximum Gasteiger partial charge on any atom is 0.282 e. The van der Waals surface area contributed by atoms with Gasteiger partial charge in [0.15, 0.2) is 5.69 Å². The molecule has 6 heteroatoms. The molecule has 0 atom stereocenters. The van der Waals surface area contributed by atoms with Crippen LogP contribution in [0.15, 0.2) is 46.9 Å². The van der Waals surface area contributed by atoms with Gasteiger partial charge in [-0.3, -0.25) is 10.1 Å². The fourth-order valence-corrected chi connectivity index (χ4v) is 1.97. The van der Waals surface area contributed by atoms with E-state index in [-0.39, 0.29) is 11.4 Å². The van der Waals surface area contributed by atoms with Crippen molar-refractivity contribution < 1.29 is 4.92 Å². The molecule has 0 aromatic heterocycles. The summed E-state index contributed by atoms with van der Waals surface area (Å²) in [5, 5.41) is 14.0. The lowest BCUT2D eigenvalue weighted by molar-refractivity contribution is -0.383. The Hall–Kier alpha value is -2.39. The first-order chi connectivity index (χ1) is 9.10. The van der Waals surface area contributed by atoms with E-state index in [4.69, 9.17) is 6.57 Å². The maximum absolute atomic E-state index is 11.0. The van der Waals surface area contributed by atoms with E-state index in [1.807, 2.05) is 18.2 Å². The first-order valence-electron chi connectivity index (χ1n) is 5.28. The van der Waals surface area contributed by atoms with E-state index < -0.39 is 4.92 Å². The summed E-state index contributed by atoms with van der Waals surface area (Å²) < 4.78 is 0.873. The Bertz CT molecular complexity index is 680. The first kappa shape index (κ1) is 13.1. The van der Waals surface area contributed by atoms with E-state index in [9.17, 15) is 10.1 Å². The van der Waals surface area contributed by atoms with Gasteiger partial charge in [0, 0.05) is 16.2 Å². The lowest BCUT2D eigenvalue weighted by Gasteiger charge is -2.07. The third-order valence-electron chi connectivity index (χ3n) is 2.41. The van der Waals surface area contributed by atoms with Gasteiger partial charge in [-0.05, 0) is 24.3 Å². The molecule has 5 nitrogen and oxygen atoms in total. The van der Waals surface area contributed by atoms with E-state index >= 15 is 0 Å². The molecule has 0 unspecified atom stereocenters. The predicted molar refractivity (Wildman–Crippen MR) is 76.8 cm³/mol. The van der Waals surface area contributed by atoms with Crippen molar-refractivity contribution in [3.63, 3.8) is 0 Å². The maximum atomic E-state index is 11.0. The second-order valence-electron chi connectivity index (χ2n) is 3.71. The van der Waals surface area contributed by atoms with Crippen molar-refractivity contribution in [2.75, 3.05) is 5.32 Å². The van der Waals surface area contributed by atoms with Crippen LogP contribution in [-0.4, -0.2) is 4.92 Å². The van der Waals surface area contributed by atoms with E-state index in [1.165, 1.54) is 12.1 Å². The van der Waals surface area contributed by atoms with Crippen LogP contribution in [0, 0.1) is 16.7 Å². The molecule has 0 amide bonds. The molecule has 0 spiro atoms. The van der Waals surface area contributed by atoms with E-state index in [1.54, 1.807) is 12.1 Å². The number of nitro groups is 1. The highest BCUT2D eigenvalue weighted by atomic mass is 79.9. The Morgan fingerprint density at radius 3 is 2.68 bits per heavy atom. The standard InChI is InChI=1S/C13H8BrN3O2/c1-15-10-5-6-12(13(8-10)17(18)19)16-11-4-2-3-9(14)7-11/h2-8,16H. The number of nitro benzene ring substituents is 1. The molecule has 19 heavy (non-hydrogen) atoms. The number of halogens is 1. The van der Waals surface area contributed by atoms with Gasteiger partial charge in [-0.1, -0.05) is 28.1 Å². The summed E-state index contributed by atoms with van der Waals surface area (Å²) >= 11 is 3.33. The summed E-state index contributed by atoms with van der Waals surface area (Å²) in [7, 11) is 0. The Morgan fingerprint density at radius 2 is 2.05 bits per heavy atom. The zero-order valence-electron chi connectivity index (χ0n) is 9.63. The zero-order chi connectivity index (χ0) is 13.8. The van der Waals surface area contributed by atoms with Gasteiger partial charge in [-0.2, -0.15) is 0 Å². The number of hydrogen-bond acceptors (Lipinski definition) is 3. The van der Waals surface area contributed by atoms with E-state index in [2.05, 4.69) is 26.1 Å². The highest BCUT2D eigenvalue weighted by Crippen LogP contribution is 2.32. The average Bonchev–Trinajstić information content (AvgIpc) is 2.39. The molecule has 0 aliphatic carbocycles. The van der Waals surface area contributed by atoms with Crippen molar-refractivity contribution in [3.8, 4) is 0 Å². The van der Waals surface area contributed by atoms with Crippen molar-refractivity contribution in [2.45, 2.75) is 0 Å². The summed E-state index contributed by atoms with van der Waals surface area (Å²) in [6.07, 6.45) is 0. The lowest BCUT2D eigenvalue weighted by atomic mass is 10.2. The van der Waals surface area contributed by atoms with Crippen LogP contribution in [0.5, 0.6) is 0 Å². The van der Waals surface area contributed by atoms with Crippen LogP contribution in [0.4, 0.5) is 22.7 Å². The molecule has 0 saturated heterocycles. The zero-order valence-corrected chi connectivity index (χ0v) is 11.2. The Balaban J connectivity index is 2.40. The fraction of sp³-hybridized carbons (Fsp3) is 0. The molecule has 0 radical (unpaired) electrons. The van der Waals surface area contributed by atoms with Crippen molar-refractivity contribution in [1.29, 1.82) is 0 Å². The minimum atomic E-state index is -0.505. The van der Waals surface area contributed by atoms with Gasteiger partial charge >= 0.3 is 0 Å². The Morgan fingerprint density at radius 1 is 1.26 bits per heavy atom. The number of nitrogens with one attached hydrogen (secondary N) is 1.